The van der Waals surface area contributed by atoms with Gasteiger partial charge in [0.2, 0.25) is 3.79 Å². The van der Waals surface area contributed by atoms with Gasteiger partial charge in [-0.2, -0.15) is 0 Å². The Morgan fingerprint density at radius 1 is 1.10 bits per heavy atom. The molecule has 0 radical (unpaired) electrons. The van der Waals surface area contributed by atoms with Gasteiger partial charge >= 0.3 is 6.09 Å². The van der Waals surface area contributed by atoms with Crippen LogP contribution in [0.4, 0.5) is 10.5 Å². The van der Waals surface area contributed by atoms with Crippen molar-refractivity contribution in [2.45, 2.75) is 3.79 Å². The van der Waals surface area contributed by atoms with Crippen LogP contribution in [0, 0.1) is 0 Å². The molecule has 0 saturated carbocycles. The molecule has 1 fully saturated rings. The maximum Gasteiger partial charge on any atom is 0.410 e. The lowest BCUT2D eigenvalue weighted by Gasteiger charge is -2.35. The van der Waals surface area contributed by atoms with E-state index in [9.17, 15) is 4.79 Å². The topological polar surface area (TPSA) is 32.8 Å². The summed E-state index contributed by atoms with van der Waals surface area (Å²) in [6.07, 6.45) is -0.441. The number of benzene rings is 1. The van der Waals surface area contributed by atoms with E-state index in [-0.39, 0.29) is 6.61 Å². The minimum atomic E-state index is -1.57. The minimum Gasteiger partial charge on any atom is -0.445 e. The van der Waals surface area contributed by atoms with Crippen molar-refractivity contribution in [2.75, 3.05) is 37.7 Å². The standard InChI is InChI=1S/C13H15Cl3N2O2/c14-13(15,16)10-20-12(19)18-8-6-17(7-9-18)11-4-2-1-3-5-11/h1-5H,6-10H2. The summed E-state index contributed by atoms with van der Waals surface area (Å²) in [6, 6.07) is 10.1. The Hall–Kier alpha value is -0.840. The lowest BCUT2D eigenvalue weighted by atomic mass is 10.2. The van der Waals surface area contributed by atoms with E-state index < -0.39 is 9.89 Å². The third-order valence-electron chi connectivity index (χ3n) is 3.02. The van der Waals surface area contributed by atoms with E-state index in [1.807, 2.05) is 18.2 Å². The number of halogens is 3. The van der Waals surface area contributed by atoms with Gasteiger partial charge in [0.1, 0.15) is 6.61 Å². The van der Waals surface area contributed by atoms with Gasteiger partial charge in [0.05, 0.1) is 0 Å². The third-order valence-corrected chi connectivity index (χ3v) is 3.35. The second-order valence-electron chi connectivity index (χ2n) is 4.48. The van der Waals surface area contributed by atoms with E-state index in [4.69, 9.17) is 39.5 Å². The molecule has 110 valence electrons. The summed E-state index contributed by atoms with van der Waals surface area (Å²) < 4.78 is 3.39. The smallest absolute Gasteiger partial charge is 0.410 e. The maximum absolute atomic E-state index is 11.8. The zero-order valence-electron chi connectivity index (χ0n) is 10.8. The number of alkyl halides is 3. The van der Waals surface area contributed by atoms with E-state index in [0.29, 0.717) is 13.1 Å². The van der Waals surface area contributed by atoms with Crippen LogP contribution in [-0.2, 0) is 4.74 Å². The fourth-order valence-corrected chi connectivity index (χ4v) is 2.18. The number of carbonyl (C=O) groups is 1. The molecule has 1 aromatic carbocycles. The predicted octanol–water partition coefficient (Wildman–Crippen LogP) is 3.32. The van der Waals surface area contributed by atoms with Crippen LogP contribution in [-0.4, -0.2) is 47.6 Å². The molecule has 0 N–H and O–H groups in total. The molecule has 1 saturated heterocycles. The SMILES string of the molecule is O=C(OCC(Cl)(Cl)Cl)N1CCN(c2ccccc2)CC1. The Kier molecular flexibility index (Phi) is 5.24. The number of nitrogens with zero attached hydrogens (tertiary/aromatic N) is 2. The summed E-state index contributed by atoms with van der Waals surface area (Å²) >= 11 is 16.6. The number of anilines is 1. The first-order valence-electron chi connectivity index (χ1n) is 6.24. The summed E-state index contributed by atoms with van der Waals surface area (Å²) in [5.74, 6) is 0. The van der Waals surface area contributed by atoms with Gasteiger partial charge in [-0.3, -0.25) is 0 Å². The predicted molar refractivity (Wildman–Crippen MR) is 81.9 cm³/mol. The van der Waals surface area contributed by atoms with Crippen molar-refractivity contribution in [3.05, 3.63) is 30.3 Å². The Morgan fingerprint density at radius 2 is 1.70 bits per heavy atom. The zero-order valence-corrected chi connectivity index (χ0v) is 13.0. The highest BCUT2D eigenvalue weighted by Crippen LogP contribution is 2.26. The molecular formula is C13H15Cl3N2O2. The van der Waals surface area contributed by atoms with Gasteiger partial charge in [-0.15, -0.1) is 0 Å². The molecule has 0 aromatic heterocycles. The lowest BCUT2D eigenvalue weighted by Crippen LogP contribution is -2.49. The molecule has 1 aliphatic heterocycles. The number of amides is 1. The number of para-hydroxylation sites is 1. The number of piperazine rings is 1. The van der Waals surface area contributed by atoms with Crippen molar-refractivity contribution in [3.63, 3.8) is 0 Å². The number of hydrogen-bond donors (Lipinski definition) is 0. The van der Waals surface area contributed by atoms with Crippen LogP contribution in [0.1, 0.15) is 0 Å². The Bertz CT molecular complexity index is 443. The molecule has 1 heterocycles. The maximum atomic E-state index is 11.8. The summed E-state index contributed by atoms with van der Waals surface area (Å²) in [4.78, 5) is 15.6. The highest BCUT2D eigenvalue weighted by Gasteiger charge is 2.26. The first kappa shape index (κ1) is 15.5. The highest BCUT2D eigenvalue weighted by atomic mass is 35.6. The van der Waals surface area contributed by atoms with Crippen molar-refractivity contribution in [2.24, 2.45) is 0 Å². The fraction of sp³-hybridized carbons (Fsp3) is 0.462. The van der Waals surface area contributed by atoms with Gasteiger partial charge in [-0.05, 0) is 12.1 Å². The van der Waals surface area contributed by atoms with Crippen LogP contribution in [0.2, 0.25) is 0 Å². The lowest BCUT2D eigenvalue weighted by molar-refractivity contribution is 0.102. The van der Waals surface area contributed by atoms with Crippen molar-refractivity contribution in [1.82, 2.24) is 4.90 Å². The van der Waals surface area contributed by atoms with Crippen LogP contribution in [0.25, 0.3) is 0 Å². The molecule has 0 bridgehead atoms. The molecule has 7 heteroatoms. The first-order valence-corrected chi connectivity index (χ1v) is 7.37. The fourth-order valence-electron chi connectivity index (χ4n) is 2.02. The van der Waals surface area contributed by atoms with Crippen molar-refractivity contribution in [3.8, 4) is 0 Å². The van der Waals surface area contributed by atoms with Gasteiger partial charge in [0.25, 0.3) is 0 Å². The van der Waals surface area contributed by atoms with Crippen LogP contribution in [0.15, 0.2) is 30.3 Å². The number of ether oxygens (including phenoxy) is 1. The molecular weight excluding hydrogens is 323 g/mol. The summed E-state index contributed by atoms with van der Waals surface area (Å²) in [5.41, 5.74) is 1.15. The quantitative estimate of drug-likeness (QED) is 0.776. The Morgan fingerprint density at radius 3 is 2.25 bits per heavy atom. The molecule has 1 aliphatic rings. The Balaban J connectivity index is 1.81. The normalized spacial score (nSPS) is 16.1. The van der Waals surface area contributed by atoms with Crippen molar-refractivity contribution in [1.29, 1.82) is 0 Å². The molecule has 0 aliphatic carbocycles. The van der Waals surface area contributed by atoms with Gasteiger partial charge < -0.3 is 14.5 Å². The average Bonchev–Trinajstić information content (AvgIpc) is 2.45. The second kappa shape index (κ2) is 6.74. The third kappa shape index (κ3) is 4.62. The highest BCUT2D eigenvalue weighted by molar-refractivity contribution is 6.67. The van der Waals surface area contributed by atoms with Gasteiger partial charge in [0.15, 0.2) is 0 Å². The summed E-state index contributed by atoms with van der Waals surface area (Å²) in [7, 11) is 0. The second-order valence-corrected chi connectivity index (χ2v) is 7.00. The largest absolute Gasteiger partial charge is 0.445 e. The molecule has 1 amide bonds. The molecule has 2 rings (SSSR count). The van der Waals surface area contributed by atoms with Gasteiger partial charge in [-0.25, -0.2) is 4.79 Å². The molecule has 0 spiro atoms. The van der Waals surface area contributed by atoms with Crippen molar-refractivity contribution < 1.29 is 9.53 Å². The molecule has 1 aromatic rings. The van der Waals surface area contributed by atoms with E-state index in [1.54, 1.807) is 4.90 Å². The van der Waals surface area contributed by atoms with Crippen LogP contribution < -0.4 is 4.90 Å². The molecule has 0 unspecified atom stereocenters. The van der Waals surface area contributed by atoms with Crippen molar-refractivity contribution >= 4 is 46.6 Å². The summed E-state index contributed by atoms with van der Waals surface area (Å²) in [6.45, 7) is 2.45. The minimum absolute atomic E-state index is 0.241. The van der Waals surface area contributed by atoms with Crippen LogP contribution in [0.5, 0.6) is 0 Å². The number of hydrogen-bond acceptors (Lipinski definition) is 3. The monoisotopic (exact) mass is 336 g/mol. The Labute approximate surface area is 133 Å². The van der Waals surface area contributed by atoms with Gasteiger partial charge in [-0.1, -0.05) is 53.0 Å². The zero-order chi connectivity index (χ0) is 14.6. The van der Waals surface area contributed by atoms with E-state index in [2.05, 4.69) is 17.0 Å². The molecule has 20 heavy (non-hydrogen) atoms. The number of rotatable bonds is 2. The molecule has 0 atom stereocenters. The number of carbonyl (C=O) groups excluding carboxylic acids is 1. The van der Waals surface area contributed by atoms with Crippen LogP contribution in [0.3, 0.4) is 0 Å². The van der Waals surface area contributed by atoms with E-state index in [0.717, 1.165) is 18.8 Å². The molecule has 4 nitrogen and oxygen atoms in total. The van der Waals surface area contributed by atoms with E-state index in [1.165, 1.54) is 0 Å². The average molecular weight is 338 g/mol. The van der Waals surface area contributed by atoms with Gasteiger partial charge in [0, 0.05) is 31.9 Å². The van der Waals surface area contributed by atoms with Crippen LogP contribution >= 0.6 is 34.8 Å². The first-order chi connectivity index (χ1) is 9.46. The summed E-state index contributed by atoms with van der Waals surface area (Å²) in [5, 5.41) is 0. The van der Waals surface area contributed by atoms with E-state index >= 15 is 0 Å².